The molecule has 0 N–H and O–H groups in total. The van der Waals surface area contributed by atoms with E-state index in [0.29, 0.717) is 29.4 Å². The summed E-state index contributed by atoms with van der Waals surface area (Å²) in [6, 6.07) is 12.1. The molecule has 3 aromatic rings. The number of fused-ring (bicyclic) bond motifs is 1. The molecule has 29 heavy (non-hydrogen) atoms. The lowest BCUT2D eigenvalue weighted by Crippen LogP contribution is -2.37. The Hall–Kier alpha value is -1.81. The van der Waals surface area contributed by atoms with Crippen LogP contribution in [0.25, 0.3) is 10.2 Å². The van der Waals surface area contributed by atoms with Crippen molar-refractivity contribution in [3.63, 3.8) is 0 Å². The molecule has 0 spiro atoms. The van der Waals surface area contributed by atoms with Gasteiger partial charge in [0.15, 0.2) is 15.0 Å². The van der Waals surface area contributed by atoms with E-state index in [1.54, 1.807) is 35.2 Å². The maximum atomic E-state index is 13.3. The predicted octanol–water partition coefficient (Wildman–Crippen LogP) is 4.29. The number of ether oxygens (including phenoxy) is 1. The van der Waals surface area contributed by atoms with Gasteiger partial charge in [-0.3, -0.25) is 9.69 Å². The van der Waals surface area contributed by atoms with Crippen molar-refractivity contribution < 1.29 is 17.9 Å². The maximum absolute atomic E-state index is 13.3. The van der Waals surface area contributed by atoms with Gasteiger partial charge in [0.1, 0.15) is 0 Å². The summed E-state index contributed by atoms with van der Waals surface area (Å²) in [5, 5.41) is 0.533. The van der Waals surface area contributed by atoms with Crippen molar-refractivity contribution in [2.75, 3.05) is 24.3 Å². The zero-order chi connectivity index (χ0) is 20.6. The van der Waals surface area contributed by atoms with E-state index in [-0.39, 0.29) is 16.9 Å². The number of hydrogen-bond donors (Lipinski definition) is 0. The molecule has 6 nitrogen and oxygen atoms in total. The zero-order valence-corrected chi connectivity index (χ0v) is 18.9. The van der Waals surface area contributed by atoms with Gasteiger partial charge in [0.2, 0.25) is 0 Å². The Balaban J connectivity index is 1.74. The summed E-state index contributed by atoms with van der Waals surface area (Å²) >= 11 is 4.72. The highest BCUT2D eigenvalue weighted by atomic mass is 79.9. The highest BCUT2D eigenvalue weighted by molar-refractivity contribution is 9.10. The highest BCUT2D eigenvalue weighted by Crippen LogP contribution is 2.32. The fraction of sp³-hybridized carbons (Fsp3) is 0.300. The van der Waals surface area contributed by atoms with Gasteiger partial charge in [0, 0.05) is 22.9 Å². The lowest BCUT2D eigenvalue weighted by atomic mass is 10.2. The molecule has 1 aromatic heterocycles. The Labute approximate surface area is 181 Å². The molecule has 0 bridgehead atoms. The minimum Gasteiger partial charge on any atom is -0.376 e. The number of aromatic nitrogens is 1. The van der Waals surface area contributed by atoms with Gasteiger partial charge in [-0.15, -0.1) is 0 Å². The molecule has 4 rings (SSSR count). The molecule has 1 unspecified atom stereocenters. The molecule has 1 atom stereocenters. The number of nitrogens with zero attached hydrogens (tertiary/aromatic N) is 2. The van der Waals surface area contributed by atoms with Crippen LogP contribution in [-0.4, -0.2) is 44.8 Å². The van der Waals surface area contributed by atoms with E-state index < -0.39 is 9.84 Å². The van der Waals surface area contributed by atoms with Crippen molar-refractivity contribution in [1.82, 2.24) is 4.98 Å². The lowest BCUT2D eigenvalue weighted by Gasteiger charge is -2.23. The third-order valence-corrected chi connectivity index (χ3v) is 7.38. The Morgan fingerprint density at radius 3 is 2.83 bits per heavy atom. The third kappa shape index (κ3) is 4.53. The number of hydrogen-bond acceptors (Lipinski definition) is 6. The van der Waals surface area contributed by atoms with Crippen LogP contribution in [0.4, 0.5) is 5.13 Å². The molecule has 1 fully saturated rings. The summed E-state index contributed by atoms with van der Waals surface area (Å²) in [6.45, 7) is 1.10. The second kappa shape index (κ2) is 8.14. The molecular formula is C20H19BrN2O4S2. The van der Waals surface area contributed by atoms with Crippen LogP contribution in [0.2, 0.25) is 0 Å². The Morgan fingerprint density at radius 2 is 2.14 bits per heavy atom. The van der Waals surface area contributed by atoms with Crippen molar-refractivity contribution in [3.8, 4) is 0 Å². The van der Waals surface area contributed by atoms with E-state index >= 15 is 0 Å². The van der Waals surface area contributed by atoms with Crippen LogP contribution in [0, 0.1) is 0 Å². The van der Waals surface area contributed by atoms with Crippen molar-refractivity contribution in [2.45, 2.75) is 23.8 Å². The van der Waals surface area contributed by atoms with Crippen LogP contribution in [0.5, 0.6) is 0 Å². The molecule has 1 saturated heterocycles. The van der Waals surface area contributed by atoms with E-state index in [1.165, 1.54) is 17.6 Å². The van der Waals surface area contributed by atoms with Gasteiger partial charge in [-0.1, -0.05) is 33.3 Å². The van der Waals surface area contributed by atoms with Crippen molar-refractivity contribution in [2.24, 2.45) is 0 Å². The topological polar surface area (TPSA) is 76.6 Å². The highest BCUT2D eigenvalue weighted by Gasteiger charge is 2.27. The minimum absolute atomic E-state index is 0.0373. The van der Waals surface area contributed by atoms with Gasteiger partial charge in [-0.2, -0.15) is 0 Å². The Morgan fingerprint density at radius 1 is 1.31 bits per heavy atom. The number of thiazole rings is 1. The minimum atomic E-state index is -3.31. The summed E-state index contributed by atoms with van der Waals surface area (Å²) in [5.41, 5.74) is 1.21. The summed E-state index contributed by atoms with van der Waals surface area (Å²) in [4.78, 5) is 19.8. The number of benzene rings is 2. The van der Waals surface area contributed by atoms with E-state index in [4.69, 9.17) is 4.74 Å². The fourth-order valence-electron chi connectivity index (χ4n) is 3.26. The van der Waals surface area contributed by atoms with Crippen LogP contribution in [0.3, 0.4) is 0 Å². The number of rotatable bonds is 5. The molecule has 1 aliphatic rings. The summed E-state index contributed by atoms with van der Waals surface area (Å²) < 4.78 is 31.0. The summed E-state index contributed by atoms with van der Waals surface area (Å²) in [6.07, 6.45) is 3.01. The van der Waals surface area contributed by atoms with E-state index in [0.717, 1.165) is 22.0 Å². The molecule has 0 radical (unpaired) electrons. The summed E-state index contributed by atoms with van der Waals surface area (Å²) in [5.74, 6) is -0.163. The monoisotopic (exact) mass is 494 g/mol. The van der Waals surface area contributed by atoms with Crippen molar-refractivity contribution in [3.05, 3.63) is 52.5 Å². The van der Waals surface area contributed by atoms with Crippen LogP contribution >= 0.6 is 27.3 Å². The quantitative estimate of drug-likeness (QED) is 0.528. The number of halogens is 1. The number of anilines is 1. The average molecular weight is 495 g/mol. The largest absolute Gasteiger partial charge is 0.376 e. The van der Waals surface area contributed by atoms with Crippen molar-refractivity contribution >= 4 is 58.4 Å². The van der Waals surface area contributed by atoms with Gasteiger partial charge < -0.3 is 4.74 Å². The number of amides is 1. The van der Waals surface area contributed by atoms with Gasteiger partial charge >= 0.3 is 0 Å². The predicted molar refractivity (Wildman–Crippen MR) is 118 cm³/mol. The molecule has 152 valence electrons. The normalized spacial score (nSPS) is 17.0. The molecular weight excluding hydrogens is 476 g/mol. The molecule has 0 aliphatic carbocycles. The first-order valence-electron chi connectivity index (χ1n) is 9.11. The first-order chi connectivity index (χ1) is 13.8. The third-order valence-electron chi connectivity index (χ3n) is 4.73. The average Bonchev–Trinajstić information content (AvgIpc) is 3.33. The molecule has 2 aromatic carbocycles. The van der Waals surface area contributed by atoms with Gasteiger partial charge in [-0.25, -0.2) is 13.4 Å². The second-order valence-corrected chi connectivity index (χ2v) is 10.9. The number of carbonyl (C=O) groups excluding carboxylic acids is 1. The first kappa shape index (κ1) is 20.5. The second-order valence-electron chi connectivity index (χ2n) is 6.96. The first-order valence-corrected chi connectivity index (χ1v) is 12.6. The number of carbonyl (C=O) groups is 1. The van der Waals surface area contributed by atoms with Gasteiger partial charge in [0.25, 0.3) is 5.91 Å². The van der Waals surface area contributed by atoms with E-state index in [2.05, 4.69) is 20.9 Å². The summed E-state index contributed by atoms with van der Waals surface area (Å²) in [7, 11) is -3.31. The van der Waals surface area contributed by atoms with Crippen LogP contribution in [0.15, 0.2) is 51.8 Å². The standard InChI is InChI=1S/C20H19BrN2O4S2/c1-29(25,26)16-7-8-17-18(11-16)28-20(22-17)23(12-15-6-3-9-27-15)19(24)13-4-2-5-14(21)10-13/h2,4-5,7-8,10-11,15H,3,6,9,12H2,1H3. The van der Waals surface area contributed by atoms with E-state index in [1.807, 2.05) is 12.1 Å². The van der Waals surface area contributed by atoms with Crippen LogP contribution in [0.1, 0.15) is 23.2 Å². The maximum Gasteiger partial charge on any atom is 0.260 e. The van der Waals surface area contributed by atoms with E-state index in [9.17, 15) is 13.2 Å². The Kier molecular flexibility index (Phi) is 5.74. The molecule has 1 aliphatic heterocycles. The molecule has 9 heteroatoms. The van der Waals surface area contributed by atoms with Gasteiger partial charge in [0.05, 0.1) is 27.8 Å². The smallest absolute Gasteiger partial charge is 0.260 e. The SMILES string of the molecule is CS(=O)(=O)c1ccc2nc(N(CC3CCCO3)C(=O)c3cccc(Br)c3)sc2c1. The van der Waals surface area contributed by atoms with Gasteiger partial charge in [-0.05, 0) is 49.2 Å². The fourth-order valence-corrected chi connectivity index (χ4v) is 5.39. The molecule has 0 saturated carbocycles. The number of sulfone groups is 1. The lowest BCUT2D eigenvalue weighted by molar-refractivity contribution is 0.0917. The molecule has 1 amide bonds. The molecule has 2 heterocycles. The Bertz CT molecular complexity index is 1170. The van der Waals surface area contributed by atoms with Crippen LogP contribution in [-0.2, 0) is 14.6 Å². The zero-order valence-electron chi connectivity index (χ0n) is 15.7. The van der Waals surface area contributed by atoms with Crippen LogP contribution < -0.4 is 4.90 Å². The van der Waals surface area contributed by atoms with Crippen molar-refractivity contribution in [1.29, 1.82) is 0 Å².